The van der Waals surface area contributed by atoms with Crippen LogP contribution in [0.15, 0.2) is 77.1 Å². The van der Waals surface area contributed by atoms with Crippen molar-refractivity contribution in [2.24, 2.45) is 10.9 Å². The summed E-state index contributed by atoms with van der Waals surface area (Å²) in [5.74, 6) is -1.02. The molecule has 0 amide bonds. The lowest BCUT2D eigenvalue weighted by Crippen LogP contribution is -2.39. The van der Waals surface area contributed by atoms with Crippen molar-refractivity contribution < 1.29 is 14.3 Å². The molecule has 6 rings (SSSR count). The predicted molar refractivity (Wildman–Crippen MR) is 136 cm³/mol. The zero-order valence-corrected chi connectivity index (χ0v) is 20.0. The van der Waals surface area contributed by atoms with E-state index < -0.39 is 5.92 Å². The van der Waals surface area contributed by atoms with Gasteiger partial charge in [0.1, 0.15) is 12.0 Å². The Balaban J connectivity index is 1.43. The number of hydrogen-bond donors (Lipinski definition) is 1. The van der Waals surface area contributed by atoms with Crippen LogP contribution in [0.1, 0.15) is 68.4 Å². The molecule has 2 heterocycles. The fourth-order valence-electron chi connectivity index (χ4n) is 6.19. The molecule has 2 aromatic carbocycles. The van der Waals surface area contributed by atoms with Gasteiger partial charge in [0.05, 0.1) is 0 Å². The third-order valence-electron chi connectivity index (χ3n) is 7.94. The highest BCUT2D eigenvalue weighted by molar-refractivity contribution is 6.09. The van der Waals surface area contributed by atoms with Crippen LogP contribution in [-0.4, -0.2) is 28.6 Å². The first-order chi connectivity index (χ1) is 17.1. The molecule has 0 bridgehead atoms. The fraction of sp³-hybridized carbons (Fsp3) is 0.367. The zero-order chi connectivity index (χ0) is 23.9. The van der Waals surface area contributed by atoms with Crippen molar-refractivity contribution >= 4 is 28.4 Å². The van der Waals surface area contributed by atoms with Gasteiger partial charge in [-0.25, -0.2) is 0 Å². The molecule has 1 aromatic heterocycles. The Morgan fingerprint density at radius 3 is 2.60 bits per heavy atom. The Bertz CT molecular complexity index is 1340. The first kappa shape index (κ1) is 22.0. The lowest BCUT2D eigenvalue weighted by atomic mass is 9.69. The van der Waals surface area contributed by atoms with Gasteiger partial charge in [0.15, 0.2) is 5.78 Å². The molecular weight excluding hydrogens is 436 g/mol. The minimum absolute atomic E-state index is 0.0262. The first-order valence-corrected chi connectivity index (χ1v) is 12.7. The monoisotopic (exact) mass is 466 g/mol. The number of carbonyl (C=O) groups excluding carboxylic acids is 2. The summed E-state index contributed by atoms with van der Waals surface area (Å²) in [4.78, 5) is 35.5. The maximum Gasteiger partial charge on any atom is 0.315 e. The standard InChI is InChI=1S/C30H30N2O3/c1-18-27(30(34)35-23-9-5-6-10-23)28(21-12-11-20-13-14-31-24(20)15-21)29-25(32-18)16-22(17-26(29)33)19-7-3-2-4-8-19/h2-4,7-8,11-15,22-23,27-28,31H,5-6,9-10,16-17H2,1H3. The van der Waals surface area contributed by atoms with Gasteiger partial charge >= 0.3 is 5.97 Å². The van der Waals surface area contributed by atoms with E-state index in [1.165, 1.54) is 0 Å². The topological polar surface area (TPSA) is 71.5 Å². The number of Topliss-reactive ketones (excluding diaryl/α,β-unsaturated/α-hetero) is 1. The number of aromatic nitrogens is 1. The molecule has 1 N–H and O–H groups in total. The summed E-state index contributed by atoms with van der Waals surface area (Å²) < 4.78 is 5.99. The van der Waals surface area contributed by atoms with Gasteiger partial charge in [0, 0.05) is 41.0 Å². The predicted octanol–water partition coefficient (Wildman–Crippen LogP) is 6.23. The van der Waals surface area contributed by atoms with Gasteiger partial charge in [0.2, 0.25) is 0 Å². The van der Waals surface area contributed by atoms with Gasteiger partial charge in [-0.1, -0.05) is 42.5 Å². The summed E-state index contributed by atoms with van der Waals surface area (Å²) in [5.41, 5.74) is 5.38. The number of allylic oxidation sites excluding steroid dienone is 2. The second-order valence-corrected chi connectivity index (χ2v) is 10.2. The molecule has 178 valence electrons. The smallest absolute Gasteiger partial charge is 0.315 e. The van der Waals surface area contributed by atoms with Gasteiger partial charge < -0.3 is 9.72 Å². The van der Waals surface area contributed by atoms with Gasteiger partial charge in [-0.3, -0.25) is 14.6 Å². The Hall–Kier alpha value is -3.47. The molecule has 0 saturated heterocycles. The molecule has 0 spiro atoms. The van der Waals surface area contributed by atoms with E-state index in [1.807, 2.05) is 37.4 Å². The van der Waals surface area contributed by atoms with E-state index in [9.17, 15) is 9.59 Å². The summed E-state index contributed by atoms with van der Waals surface area (Å²) >= 11 is 0. The SMILES string of the molecule is CC1=NC2=C(C(=O)CC(c3ccccc3)C2)C(c2ccc3cc[nH]c3c2)C1C(=O)OC1CCCC1. The highest BCUT2D eigenvalue weighted by Crippen LogP contribution is 2.47. The number of nitrogens with zero attached hydrogens (tertiary/aromatic N) is 1. The van der Waals surface area contributed by atoms with Crippen molar-refractivity contribution in [1.82, 2.24) is 4.98 Å². The maximum absolute atomic E-state index is 13.7. The number of hydrogen-bond acceptors (Lipinski definition) is 4. The Kier molecular flexibility index (Phi) is 5.63. The quantitative estimate of drug-likeness (QED) is 0.463. The summed E-state index contributed by atoms with van der Waals surface area (Å²) in [6.45, 7) is 1.92. The molecule has 5 nitrogen and oxygen atoms in total. The molecule has 3 aromatic rings. The van der Waals surface area contributed by atoms with Crippen molar-refractivity contribution in [1.29, 1.82) is 0 Å². The number of rotatable bonds is 4. The van der Waals surface area contributed by atoms with Crippen LogP contribution in [0.3, 0.4) is 0 Å². The number of ether oxygens (including phenoxy) is 1. The number of aromatic amines is 1. The van der Waals surface area contributed by atoms with Crippen LogP contribution in [0.5, 0.6) is 0 Å². The number of ketones is 1. The number of aliphatic imine (C=N–C) groups is 1. The third kappa shape index (κ3) is 4.03. The Morgan fingerprint density at radius 2 is 1.80 bits per heavy atom. The molecule has 2 aliphatic carbocycles. The number of esters is 1. The molecule has 3 atom stereocenters. The highest BCUT2D eigenvalue weighted by atomic mass is 16.5. The zero-order valence-electron chi connectivity index (χ0n) is 20.0. The van der Waals surface area contributed by atoms with Gasteiger partial charge in [0.25, 0.3) is 0 Å². The molecule has 1 aliphatic heterocycles. The average Bonchev–Trinajstić information content (AvgIpc) is 3.55. The van der Waals surface area contributed by atoms with Crippen LogP contribution in [-0.2, 0) is 14.3 Å². The Labute approximate surface area is 205 Å². The molecular formula is C30H30N2O3. The molecule has 1 fully saturated rings. The van der Waals surface area contributed by atoms with Crippen LogP contribution in [0.4, 0.5) is 0 Å². The second-order valence-electron chi connectivity index (χ2n) is 10.2. The second kappa shape index (κ2) is 8.95. The third-order valence-corrected chi connectivity index (χ3v) is 7.94. The van der Waals surface area contributed by atoms with E-state index in [0.717, 1.165) is 59.1 Å². The van der Waals surface area contributed by atoms with Gasteiger partial charge in [-0.2, -0.15) is 0 Å². The number of H-pyrrole nitrogens is 1. The van der Waals surface area contributed by atoms with E-state index in [0.29, 0.717) is 18.4 Å². The average molecular weight is 467 g/mol. The normalized spacial score (nSPS) is 25.0. The van der Waals surface area contributed by atoms with Crippen LogP contribution in [0, 0.1) is 5.92 Å². The number of carbonyl (C=O) groups is 2. The minimum atomic E-state index is -0.584. The molecule has 1 saturated carbocycles. The molecule has 3 aliphatic rings. The minimum Gasteiger partial charge on any atom is -0.462 e. The number of benzene rings is 2. The van der Waals surface area contributed by atoms with E-state index >= 15 is 0 Å². The van der Waals surface area contributed by atoms with Crippen molar-refractivity contribution in [3.63, 3.8) is 0 Å². The molecule has 35 heavy (non-hydrogen) atoms. The lowest BCUT2D eigenvalue weighted by Gasteiger charge is -2.37. The van der Waals surface area contributed by atoms with E-state index in [-0.39, 0.29) is 29.7 Å². The number of nitrogens with one attached hydrogen (secondary N) is 1. The van der Waals surface area contributed by atoms with Crippen LogP contribution < -0.4 is 0 Å². The Morgan fingerprint density at radius 1 is 1.00 bits per heavy atom. The van der Waals surface area contributed by atoms with E-state index in [4.69, 9.17) is 9.73 Å². The summed E-state index contributed by atoms with van der Waals surface area (Å²) in [6.07, 6.45) is 7.04. The molecule has 0 radical (unpaired) electrons. The van der Waals surface area contributed by atoms with Crippen LogP contribution in [0.25, 0.3) is 10.9 Å². The van der Waals surface area contributed by atoms with E-state index in [2.05, 4.69) is 35.3 Å². The van der Waals surface area contributed by atoms with Crippen LogP contribution in [0.2, 0.25) is 0 Å². The summed E-state index contributed by atoms with van der Waals surface area (Å²) in [5, 5.41) is 1.10. The fourth-order valence-corrected chi connectivity index (χ4v) is 6.19. The van der Waals surface area contributed by atoms with Crippen LogP contribution >= 0.6 is 0 Å². The van der Waals surface area contributed by atoms with E-state index in [1.54, 1.807) is 0 Å². The van der Waals surface area contributed by atoms with Crippen molar-refractivity contribution in [3.8, 4) is 0 Å². The largest absolute Gasteiger partial charge is 0.462 e. The highest BCUT2D eigenvalue weighted by Gasteiger charge is 2.45. The molecule has 5 heteroatoms. The number of fused-ring (bicyclic) bond motifs is 1. The van der Waals surface area contributed by atoms with Gasteiger partial charge in [-0.05, 0) is 73.6 Å². The first-order valence-electron chi connectivity index (χ1n) is 12.7. The summed E-state index contributed by atoms with van der Waals surface area (Å²) in [6, 6.07) is 18.4. The van der Waals surface area contributed by atoms with Gasteiger partial charge in [-0.15, -0.1) is 0 Å². The lowest BCUT2D eigenvalue weighted by molar-refractivity contribution is -0.151. The molecule has 3 unspecified atom stereocenters. The van der Waals surface area contributed by atoms with Crippen molar-refractivity contribution in [2.45, 2.75) is 63.4 Å². The van der Waals surface area contributed by atoms with Crippen molar-refractivity contribution in [2.75, 3.05) is 0 Å². The maximum atomic E-state index is 13.7. The summed E-state index contributed by atoms with van der Waals surface area (Å²) in [7, 11) is 0. The van der Waals surface area contributed by atoms with Crippen molar-refractivity contribution in [3.05, 3.63) is 83.2 Å².